The highest BCUT2D eigenvalue weighted by atomic mass is 32.1. The van der Waals surface area contributed by atoms with Crippen LogP contribution in [0, 0.1) is 0 Å². The summed E-state index contributed by atoms with van der Waals surface area (Å²) >= 11 is 1.78. The van der Waals surface area contributed by atoms with E-state index in [0.717, 1.165) is 71.9 Å². The van der Waals surface area contributed by atoms with Gasteiger partial charge in [0.1, 0.15) is 11.1 Å². The molecule has 0 aliphatic heterocycles. The standard InChI is InChI=1S/C48H28N4OS/c1-2-12-30(13-3-1)46-50-47(52-48(51-46)39-21-11-20-37-34-16-7-9-23-41(34)54-45(37)39)31-26-24-29(25-27-31)32-14-10-15-33(28-32)42-35-17-4-5-18-36(35)44-43(49-42)38-19-6-8-22-40(38)53-44/h1-28H. The summed E-state index contributed by atoms with van der Waals surface area (Å²) in [6.07, 6.45) is 0. The van der Waals surface area contributed by atoms with Gasteiger partial charge in [-0.05, 0) is 41.5 Å². The predicted octanol–water partition coefficient (Wildman–Crippen LogP) is 13.0. The van der Waals surface area contributed by atoms with Crippen molar-refractivity contribution < 1.29 is 4.42 Å². The molecular weight excluding hydrogens is 681 g/mol. The molecule has 252 valence electrons. The summed E-state index contributed by atoms with van der Waals surface area (Å²) in [5, 5.41) is 5.59. The second-order valence-electron chi connectivity index (χ2n) is 13.4. The number of pyridine rings is 1. The van der Waals surface area contributed by atoms with Crippen molar-refractivity contribution in [3.05, 3.63) is 170 Å². The van der Waals surface area contributed by atoms with Crippen LogP contribution in [0.25, 0.3) is 110 Å². The molecule has 0 fully saturated rings. The molecule has 0 unspecified atom stereocenters. The molecule has 11 aromatic rings. The molecule has 6 heteroatoms. The third kappa shape index (κ3) is 4.99. The molecule has 4 heterocycles. The lowest BCUT2D eigenvalue weighted by Crippen LogP contribution is -2.00. The van der Waals surface area contributed by atoms with E-state index in [1.807, 2.05) is 48.5 Å². The number of nitrogens with zero attached hydrogens (tertiary/aromatic N) is 4. The molecule has 0 bridgehead atoms. The van der Waals surface area contributed by atoms with Gasteiger partial charge < -0.3 is 4.42 Å². The number of benzene rings is 7. The van der Waals surface area contributed by atoms with Crippen molar-refractivity contribution in [1.29, 1.82) is 0 Å². The van der Waals surface area contributed by atoms with Crippen LogP contribution in [0.5, 0.6) is 0 Å². The lowest BCUT2D eigenvalue weighted by molar-refractivity contribution is 0.672. The highest BCUT2D eigenvalue weighted by molar-refractivity contribution is 7.26. The normalized spacial score (nSPS) is 11.7. The maximum atomic E-state index is 6.32. The largest absolute Gasteiger partial charge is 0.454 e. The molecule has 11 rings (SSSR count). The fourth-order valence-electron chi connectivity index (χ4n) is 7.53. The fraction of sp³-hybridized carbons (Fsp3) is 0. The van der Waals surface area contributed by atoms with Crippen molar-refractivity contribution in [2.45, 2.75) is 0 Å². The number of thiophene rings is 1. The molecule has 7 aromatic carbocycles. The number of aromatic nitrogens is 4. The first-order chi connectivity index (χ1) is 26.7. The molecule has 0 N–H and O–H groups in total. The van der Waals surface area contributed by atoms with Crippen molar-refractivity contribution in [1.82, 2.24) is 19.9 Å². The number of furan rings is 1. The maximum Gasteiger partial charge on any atom is 0.165 e. The highest BCUT2D eigenvalue weighted by Gasteiger charge is 2.18. The van der Waals surface area contributed by atoms with Crippen LogP contribution in [0.4, 0.5) is 0 Å². The van der Waals surface area contributed by atoms with E-state index in [4.69, 9.17) is 24.4 Å². The van der Waals surface area contributed by atoms with E-state index in [1.165, 1.54) is 20.2 Å². The van der Waals surface area contributed by atoms with Crippen molar-refractivity contribution in [3.63, 3.8) is 0 Å². The first-order valence-corrected chi connectivity index (χ1v) is 18.7. The Bertz CT molecular complexity index is 3220. The van der Waals surface area contributed by atoms with Crippen LogP contribution in [-0.4, -0.2) is 19.9 Å². The van der Waals surface area contributed by atoms with Gasteiger partial charge >= 0.3 is 0 Å². The number of fused-ring (bicyclic) bond motifs is 8. The SMILES string of the molecule is c1ccc(-c2nc(-c3ccc(-c4cccc(-c5nc6c7ccccc7oc6c6ccccc56)c4)cc3)nc(-c3cccc4c3sc3ccccc34)n2)cc1. The third-order valence-corrected chi connectivity index (χ3v) is 11.4. The van der Waals surface area contributed by atoms with Crippen LogP contribution >= 0.6 is 11.3 Å². The van der Waals surface area contributed by atoms with Crippen molar-refractivity contribution in [2.75, 3.05) is 0 Å². The van der Waals surface area contributed by atoms with E-state index < -0.39 is 0 Å². The summed E-state index contributed by atoms with van der Waals surface area (Å²) in [5.41, 5.74) is 9.58. The van der Waals surface area contributed by atoms with Crippen molar-refractivity contribution in [2.24, 2.45) is 0 Å². The Morgan fingerprint density at radius 1 is 0.389 bits per heavy atom. The average Bonchev–Trinajstić information content (AvgIpc) is 3.82. The summed E-state index contributed by atoms with van der Waals surface area (Å²) in [6.45, 7) is 0. The molecule has 0 spiro atoms. The Balaban J connectivity index is 1.01. The Morgan fingerprint density at radius 3 is 1.81 bits per heavy atom. The Kier molecular flexibility index (Phi) is 6.97. The van der Waals surface area contributed by atoms with Crippen LogP contribution < -0.4 is 0 Å². The smallest absolute Gasteiger partial charge is 0.165 e. The van der Waals surface area contributed by atoms with Gasteiger partial charge in [0.15, 0.2) is 23.1 Å². The van der Waals surface area contributed by atoms with E-state index in [-0.39, 0.29) is 0 Å². The van der Waals surface area contributed by atoms with Gasteiger partial charge in [-0.15, -0.1) is 11.3 Å². The summed E-state index contributed by atoms with van der Waals surface area (Å²) in [6, 6.07) is 58.6. The quantitative estimate of drug-likeness (QED) is 0.178. The van der Waals surface area contributed by atoms with E-state index >= 15 is 0 Å². The number of hydrogen-bond donors (Lipinski definition) is 0. The second kappa shape index (κ2) is 12.3. The summed E-state index contributed by atoms with van der Waals surface area (Å²) in [7, 11) is 0. The number of para-hydroxylation sites is 1. The monoisotopic (exact) mass is 708 g/mol. The molecule has 0 saturated heterocycles. The second-order valence-corrected chi connectivity index (χ2v) is 14.4. The summed E-state index contributed by atoms with van der Waals surface area (Å²) in [5.74, 6) is 1.94. The van der Waals surface area contributed by atoms with E-state index in [9.17, 15) is 0 Å². The van der Waals surface area contributed by atoms with Crippen LogP contribution in [0.2, 0.25) is 0 Å². The maximum absolute atomic E-state index is 6.32. The minimum atomic E-state index is 0.633. The van der Waals surface area contributed by atoms with Crippen LogP contribution in [-0.2, 0) is 0 Å². The molecule has 0 aliphatic carbocycles. The van der Waals surface area contributed by atoms with Gasteiger partial charge in [-0.3, -0.25) is 0 Å². The molecule has 0 atom stereocenters. The zero-order valence-electron chi connectivity index (χ0n) is 28.8. The Hall–Kier alpha value is -7.02. The Morgan fingerprint density at radius 2 is 0.981 bits per heavy atom. The average molecular weight is 709 g/mol. The van der Waals surface area contributed by atoms with Crippen molar-refractivity contribution >= 4 is 64.4 Å². The van der Waals surface area contributed by atoms with Crippen molar-refractivity contribution in [3.8, 4) is 56.5 Å². The lowest BCUT2D eigenvalue weighted by atomic mass is 9.97. The van der Waals surface area contributed by atoms with Gasteiger partial charge in [0, 0.05) is 58.6 Å². The summed E-state index contributed by atoms with van der Waals surface area (Å²) in [4.78, 5) is 20.4. The molecule has 54 heavy (non-hydrogen) atoms. The first kappa shape index (κ1) is 30.6. The van der Waals surface area contributed by atoms with E-state index in [1.54, 1.807) is 11.3 Å². The fourth-order valence-corrected chi connectivity index (χ4v) is 8.74. The lowest BCUT2D eigenvalue weighted by Gasteiger charge is -2.11. The molecule has 4 aromatic heterocycles. The highest BCUT2D eigenvalue weighted by Crippen LogP contribution is 2.41. The van der Waals surface area contributed by atoms with Crippen LogP contribution in [0.1, 0.15) is 0 Å². The molecule has 0 amide bonds. The predicted molar refractivity (Wildman–Crippen MR) is 222 cm³/mol. The van der Waals surface area contributed by atoms with E-state index in [2.05, 4.69) is 121 Å². The molecule has 0 saturated carbocycles. The van der Waals surface area contributed by atoms with Gasteiger partial charge in [-0.1, -0.05) is 140 Å². The van der Waals surface area contributed by atoms with E-state index in [0.29, 0.717) is 17.5 Å². The molecule has 5 nitrogen and oxygen atoms in total. The van der Waals surface area contributed by atoms with Gasteiger partial charge in [0.2, 0.25) is 0 Å². The Labute approximate surface area is 313 Å². The van der Waals surface area contributed by atoms with Gasteiger partial charge in [-0.25, -0.2) is 19.9 Å². The third-order valence-electron chi connectivity index (χ3n) is 10.1. The van der Waals surface area contributed by atoms with Crippen LogP contribution in [0.3, 0.4) is 0 Å². The minimum absolute atomic E-state index is 0.633. The zero-order chi connectivity index (χ0) is 35.6. The molecular formula is C48H28N4OS. The van der Waals surface area contributed by atoms with Gasteiger partial charge in [-0.2, -0.15) is 0 Å². The number of hydrogen-bond acceptors (Lipinski definition) is 6. The number of rotatable bonds is 5. The van der Waals surface area contributed by atoms with Gasteiger partial charge in [0.25, 0.3) is 0 Å². The molecule has 0 aliphatic rings. The minimum Gasteiger partial charge on any atom is -0.454 e. The van der Waals surface area contributed by atoms with Gasteiger partial charge in [0.05, 0.1) is 5.69 Å². The van der Waals surface area contributed by atoms with Crippen LogP contribution in [0.15, 0.2) is 174 Å². The molecule has 0 radical (unpaired) electrons. The topological polar surface area (TPSA) is 64.7 Å². The summed E-state index contributed by atoms with van der Waals surface area (Å²) < 4.78 is 8.74. The zero-order valence-corrected chi connectivity index (χ0v) is 29.6. The first-order valence-electron chi connectivity index (χ1n) is 17.9.